The van der Waals surface area contributed by atoms with Gasteiger partial charge in [0, 0.05) is 42.2 Å². The molecule has 1 aromatic carbocycles. The molecule has 0 saturated carbocycles. The molecule has 0 aliphatic carbocycles. The molecule has 8 nitrogen and oxygen atoms in total. The third-order valence-corrected chi connectivity index (χ3v) is 8.11. The maximum absolute atomic E-state index is 13.6. The SMILES string of the molecule is CCOC(=O)c1c(S(=O)(=O)N2CCC[C@@H](C(=O)Nc3cccc(Cl)c3)C2)c(C)n(C)c1C. The fourth-order valence-electron chi connectivity index (χ4n) is 3.99. The summed E-state index contributed by atoms with van der Waals surface area (Å²) >= 11 is 5.98. The number of halogens is 1. The smallest absolute Gasteiger partial charge is 0.341 e. The van der Waals surface area contributed by atoms with Crippen molar-refractivity contribution in [3.8, 4) is 0 Å². The number of hydrogen-bond donors (Lipinski definition) is 1. The van der Waals surface area contributed by atoms with Gasteiger partial charge in [0.15, 0.2) is 0 Å². The Labute approximate surface area is 193 Å². The first kappa shape index (κ1) is 24.3. The molecule has 0 radical (unpaired) electrons. The van der Waals surface area contributed by atoms with E-state index in [0.29, 0.717) is 34.9 Å². The molecule has 2 heterocycles. The lowest BCUT2D eigenvalue weighted by atomic mass is 9.99. The molecule has 1 aliphatic heterocycles. The summed E-state index contributed by atoms with van der Waals surface area (Å²) in [6.07, 6.45) is 1.10. The highest BCUT2D eigenvalue weighted by atomic mass is 35.5. The van der Waals surface area contributed by atoms with Crippen molar-refractivity contribution >= 4 is 39.2 Å². The normalized spacial score (nSPS) is 17.2. The van der Waals surface area contributed by atoms with Gasteiger partial charge in [-0.1, -0.05) is 17.7 Å². The molecule has 1 amide bonds. The van der Waals surface area contributed by atoms with E-state index in [1.165, 1.54) is 4.31 Å². The van der Waals surface area contributed by atoms with Crippen molar-refractivity contribution < 1.29 is 22.7 Å². The second-order valence-electron chi connectivity index (χ2n) is 7.86. The maximum atomic E-state index is 13.6. The first-order valence-electron chi connectivity index (χ1n) is 10.5. The number of ether oxygens (including phenoxy) is 1. The van der Waals surface area contributed by atoms with Crippen LogP contribution in [0.2, 0.25) is 5.02 Å². The topological polar surface area (TPSA) is 97.7 Å². The van der Waals surface area contributed by atoms with Gasteiger partial charge in [0.25, 0.3) is 0 Å². The van der Waals surface area contributed by atoms with Crippen LogP contribution >= 0.6 is 11.6 Å². The first-order valence-corrected chi connectivity index (χ1v) is 12.3. The highest BCUT2D eigenvalue weighted by Crippen LogP contribution is 2.32. The number of aromatic nitrogens is 1. The Bertz CT molecular complexity index is 1140. The maximum Gasteiger partial charge on any atom is 0.341 e. The molecule has 10 heteroatoms. The van der Waals surface area contributed by atoms with E-state index < -0.39 is 21.9 Å². The molecular weight excluding hydrogens is 454 g/mol. The minimum atomic E-state index is -4.02. The van der Waals surface area contributed by atoms with Gasteiger partial charge in [-0.05, 0) is 51.8 Å². The largest absolute Gasteiger partial charge is 0.462 e. The average molecular weight is 482 g/mol. The van der Waals surface area contributed by atoms with Crippen LogP contribution in [-0.4, -0.2) is 48.9 Å². The van der Waals surface area contributed by atoms with E-state index >= 15 is 0 Å². The van der Waals surface area contributed by atoms with Crippen LogP contribution in [0, 0.1) is 19.8 Å². The summed E-state index contributed by atoms with van der Waals surface area (Å²) in [4.78, 5) is 25.4. The van der Waals surface area contributed by atoms with E-state index in [2.05, 4.69) is 5.32 Å². The van der Waals surface area contributed by atoms with E-state index in [-0.39, 0.29) is 36.1 Å². The summed E-state index contributed by atoms with van der Waals surface area (Å²) in [6.45, 7) is 5.47. The van der Waals surface area contributed by atoms with Gasteiger partial charge in [0.2, 0.25) is 15.9 Å². The summed E-state index contributed by atoms with van der Waals surface area (Å²) in [5, 5.41) is 3.31. The van der Waals surface area contributed by atoms with Crippen LogP contribution in [0.1, 0.15) is 41.5 Å². The van der Waals surface area contributed by atoms with Gasteiger partial charge < -0.3 is 14.6 Å². The van der Waals surface area contributed by atoms with Gasteiger partial charge >= 0.3 is 5.97 Å². The van der Waals surface area contributed by atoms with Crippen molar-refractivity contribution in [1.29, 1.82) is 0 Å². The van der Waals surface area contributed by atoms with Crippen LogP contribution in [-0.2, 0) is 26.6 Å². The molecule has 2 aromatic rings. The average Bonchev–Trinajstić information content (AvgIpc) is 2.98. The molecule has 1 saturated heterocycles. The fourth-order valence-corrected chi connectivity index (χ4v) is 6.18. The minimum Gasteiger partial charge on any atom is -0.462 e. The minimum absolute atomic E-state index is 0.0321. The second-order valence-corrected chi connectivity index (χ2v) is 10.2. The number of esters is 1. The third kappa shape index (κ3) is 4.69. The van der Waals surface area contributed by atoms with Crippen LogP contribution in [0.25, 0.3) is 0 Å². The molecular formula is C22H28ClN3O5S. The Morgan fingerprint density at radius 1 is 1.25 bits per heavy atom. The summed E-state index contributed by atoms with van der Waals surface area (Å²) in [6, 6.07) is 6.80. The lowest BCUT2D eigenvalue weighted by Crippen LogP contribution is -2.44. The zero-order chi connectivity index (χ0) is 23.6. The highest BCUT2D eigenvalue weighted by Gasteiger charge is 2.39. The van der Waals surface area contributed by atoms with Gasteiger partial charge in [-0.2, -0.15) is 4.31 Å². The molecule has 1 fully saturated rings. The van der Waals surface area contributed by atoms with E-state index in [9.17, 15) is 18.0 Å². The van der Waals surface area contributed by atoms with Gasteiger partial charge in [-0.15, -0.1) is 0 Å². The molecule has 1 aliphatic rings. The second kappa shape index (κ2) is 9.64. The number of nitrogens with one attached hydrogen (secondary N) is 1. The van der Waals surface area contributed by atoms with Crippen LogP contribution in [0.5, 0.6) is 0 Å². The van der Waals surface area contributed by atoms with Crippen molar-refractivity contribution in [2.45, 2.75) is 38.5 Å². The molecule has 3 rings (SSSR count). The van der Waals surface area contributed by atoms with Gasteiger partial charge in [-0.3, -0.25) is 4.79 Å². The number of carbonyl (C=O) groups excluding carboxylic acids is 2. The van der Waals surface area contributed by atoms with Crippen molar-refractivity contribution in [3.63, 3.8) is 0 Å². The number of amides is 1. The van der Waals surface area contributed by atoms with Crippen molar-refractivity contribution in [1.82, 2.24) is 8.87 Å². The van der Waals surface area contributed by atoms with Crippen LogP contribution in [0.3, 0.4) is 0 Å². The standard InChI is InChI=1S/C22H28ClN3O5S/c1-5-31-22(28)19-14(2)25(4)15(3)20(19)32(29,30)26-11-7-8-16(13-26)21(27)24-18-10-6-9-17(23)12-18/h6,9-10,12,16H,5,7-8,11,13H2,1-4H3,(H,24,27)/t16-/m1/s1. The fraction of sp³-hybridized carbons (Fsp3) is 0.455. The van der Waals surface area contributed by atoms with Crippen LogP contribution in [0.4, 0.5) is 5.69 Å². The number of anilines is 1. The number of nitrogens with zero attached hydrogens (tertiary/aromatic N) is 2. The molecule has 0 spiro atoms. The molecule has 0 unspecified atom stereocenters. The van der Waals surface area contributed by atoms with Crippen molar-refractivity contribution in [3.05, 3.63) is 46.2 Å². The quantitative estimate of drug-likeness (QED) is 0.636. The summed E-state index contributed by atoms with van der Waals surface area (Å²) in [7, 11) is -2.31. The van der Waals surface area contributed by atoms with Crippen molar-refractivity contribution in [2.75, 3.05) is 25.0 Å². The predicted molar refractivity (Wildman–Crippen MR) is 122 cm³/mol. The van der Waals surface area contributed by atoms with Gasteiger partial charge in [0.05, 0.1) is 12.5 Å². The molecule has 32 heavy (non-hydrogen) atoms. The first-order chi connectivity index (χ1) is 15.1. The molecule has 1 aromatic heterocycles. The Balaban J connectivity index is 1.88. The number of rotatable bonds is 6. The lowest BCUT2D eigenvalue weighted by molar-refractivity contribution is -0.120. The zero-order valence-corrected chi connectivity index (χ0v) is 20.2. The summed E-state index contributed by atoms with van der Waals surface area (Å²) < 4.78 is 35.4. The van der Waals surface area contributed by atoms with Gasteiger partial charge in [-0.25, -0.2) is 13.2 Å². The number of piperidine rings is 1. The Kier molecular flexibility index (Phi) is 7.32. The van der Waals surface area contributed by atoms with Crippen LogP contribution in [0.15, 0.2) is 29.2 Å². The zero-order valence-electron chi connectivity index (χ0n) is 18.6. The number of benzene rings is 1. The predicted octanol–water partition coefficient (Wildman–Crippen LogP) is 3.51. The van der Waals surface area contributed by atoms with E-state index in [1.807, 2.05) is 0 Å². The highest BCUT2D eigenvalue weighted by molar-refractivity contribution is 7.89. The van der Waals surface area contributed by atoms with Gasteiger partial charge in [0.1, 0.15) is 10.5 Å². The Morgan fingerprint density at radius 3 is 2.62 bits per heavy atom. The Hall–Kier alpha value is -2.36. The monoisotopic (exact) mass is 481 g/mol. The molecule has 1 N–H and O–H groups in total. The van der Waals surface area contributed by atoms with Crippen molar-refractivity contribution in [2.24, 2.45) is 13.0 Å². The van der Waals surface area contributed by atoms with E-state index in [0.717, 1.165) is 0 Å². The summed E-state index contributed by atoms with van der Waals surface area (Å²) in [5.41, 5.74) is 1.58. The number of hydrogen-bond acceptors (Lipinski definition) is 5. The molecule has 174 valence electrons. The molecule has 0 bridgehead atoms. The lowest BCUT2D eigenvalue weighted by Gasteiger charge is -2.31. The van der Waals surface area contributed by atoms with E-state index in [1.54, 1.807) is 56.7 Å². The van der Waals surface area contributed by atoms with E-state index in [4.69, 9.17) is 16.3 Å². The van der Waals surface area contributed by atoms with Crippen LogP contribution < -0.4 is 5.32 Å². The summed E-state index contributed by atoms with van der Waals surface area (Å²) in [5.74, 6) is -1.45. The number of carbonyl (C=O) groups is 2. The molecule has 1 atom stereocenters. The Morgan fingerprint density at radius 2 is 1.97 bits per heavy atom. The third-order valence-electron chi connectivity index (χ3n) is 5.85. The number of sulfonamides is 1.